The minimum absolute atomic E-state index is 0.00630. The van der Waals surface area contributed by atoms with Crippen molar-refractivity contribution >= 4 is 17.4 Å². The second-order valence-corrected chi connectivity index (χ2v) is 7.99. The summed E-state index contributed by atoms with van der Waals surface area (Å²) in [7, 11) is 3.05. The largest absolute Gasteiger partial charge is 0.507 e. The zero-order chi connectivity index (χ0) is 24.9. The number of carbonyl (C=O) groups is 2. The van der Waals surface area contributed by atoms with E-state index in [2.05, 4.69) is 0 Å². The maximum atomic E-state index is 13.3. The quantitative estimate of drug-likeness (QED) is 0.289. The van der Waals surface area contributed by atoms with Gasteiger partial charge in [0, 0.05) is 12.1 Å². The molecule has 0 aliphatic carbocycles. The van der Waals surface area contributed by atoms with Crippen molar-refractivity contribution in [2.75, 3.05) is 20.8 Å². The lowest BCUT2D eigenvalue weighted by Crippen LogP contribution is -2.29. The van der Waals surface area contributed by atoms with E-state index in [1.165, 1.54) is 19.1 Å². The van der Waals surface area contributed by atoms with Crippen molar-refractivity contribution in [3.05, 3.63) is 95.1 Å². The van der Waals surface area contributed by atoms with Gasteiger partial charge in [0.05, 0.1) is 32.4 Å². The summed E-state index contributed by atoms with van der Waals surface area (Å²) < 4.78 is 16.4. The second kappa shape index (κ2) is 10.3. The van der Waals surface area contributed by atoms with Crippen LogP contribution in [0.3, 0.4) is 0 Å². The number of ketones is 1. The monoisotopic (exact) mass is 473 g/mol. The van der Waals surface area contributed by atoms with Gasteiger partial charge in [-0.05, 0) is 42.3 Å². The van der Waals surface area contributed by atoms with Gasteiger partial charge in [0.2, 0.25) is 0 Å². The van der Waals surface area contributed by atoms with Crippen molar-refractivity contribution in [3.63, 3.8) is 0 Å². The van der Waals surface area contributed by atoms with Crippen LogP contribution in [0.5, 0.6) is 17.2 Å². The molecule has 1 N–H and O–H groups in total. The summed E-state index contributed by atoms with van der Waals surface area (Å²) in [5, 5.41) is 11.3. The molecule has 1 heterocycles. The molecular formula is C28H27NO6. The summed E-state index contributed by atoms with van der Waals surface area (Å²) in [6, 6.07) is 20.6. The van der Waals surface area contributed by atoms with Crippen LogP contribution in [0.4, 0.5) is 0 Å². The zero-order valence-corrected chi connectivity index (χ0v) is 19.9. The van der Waals surface area contributed by atoms with Crippen molar-refractivity contribution in [2.24, 2.45) is 0 Å². The number of nitrogens with zero attached hydrogens (tertiary/aromatic N) is 1. The molecule has 1 saturated heterocycles. The second-order valence-electron chi connectivity index (χ2n) is 7.99. The van der Waals surface area contributed by atoms with Crippen LogP contribution >= 0.6 is 0 Å². The van der Waals surface area contributed by atoms with Gasteiger partial charge in [-0.25, -0.2) is 0 Å². The normalized spacial score (nSPS) is 16.9. The maximum absolute atomic E-state index is 13.3. The molecule has 1 atom stereocenters. The fourth-order valence-electron chi connectivity index (χ4n) is 4.25. The van der Waals surface area contributed by atoms with Crippen LogP contribution in [0.1, 0.15) is 29.7 Å². The van der Waals surface area contributed by atoms with Gasteiger partial charge in [-0.3, -0.25) is 9.59 Å². The number of aliphatic hydroxyl groups is 1. The van der Waals surface area contributed by atoms with Gasteiger partial charge >= 0.3 is 0 Å². The van der Waals surface area contributed by atoms with Crippen molar-refractivity contribution in [3.8, 4) is 17.2 Å². The molecule has 0 bridgehead atoms. The molecule has 0 saturated carbocycles. The third-order valence-corrected chi connectivity index (χ3v) is 5.88. The van der Waals surface area contributed by atoms with Gasteiger partial charge in [0.15, 0.2) is 11.5 Å². The molecule has 1 amide bonds. The highest BCUT2D eigenvalue weighted by Gasteiger charge is 2.46. The van der Waals surface area contributed by atoms with Crippen LogP contribution in [0.25, 0.3) is 5.76 Å². The van der Waals surface area contributed by atoms with E-state index in [9.17, 15) is 14.7 Å². The van der Waals surface area contributed by atoms with E-state index < -0.39 is 17.7 Å². The maximum Gasteiger partial charge on any atom is 0.295 e. The summed E-state index contributed by atoms with van der Waals surface area (Å²) in [6.07, 6.45) is 0. The highest BCUT2D eigenvalue weighted by atomic mass is 16.5. The molecule has 0 spiro atoms. The number of methoxy groups -OCH3 is 2. The molecule has 4 rings (SSSR count). The van der Waals surface area contributed by atoms with Gasteiger partial charge in [0.25, 0.3) is 11.7 Å². The first-order valence-electron chi connectivity index (χ1n) is 11.3. The first-order valence-corrected chi connectivity index (χ1v) is 11.3. The number of ether oxygens (including phenoxy) is 3. The summed E-state index contributed by atoms with van der Waals surface area (Å²) in [6.45, 7) is 2.51. The van der Waals surface area contributed by atoms with Crippen molar-refractivity contribution in [2.45, 2.75) is 19.5 Å². The predicted molar refractivity (Wildman–Crippen MR) is 131 cm³/mol. The molecule has 35 heavy (non-hydrogen) atoms. The van der Waals surface area contributed by atoms with E-state index in [1.807, 2.05) is 37.3 Å². The van der Waals surface area contributed by atoms with Crippen molar-refractivity contribution in [1.29, 1.82) is 0 Å². The van der Waals surface area contributed by atoms with E-state index in [1.54, 1.807) is 42.5 Å². The van der Waals surface area contributed by atoms with E-state index in [4.69, 9.17) is 14.2 Å². The third-order valence-electron chi connectivity index (χ3n) is 5.88. The molecule has 3 aromatic carbocycles. The Labute approximate surface area is 204 Å². The van der Waals surface area contributed by atoms with E-state index >= 15 is 0 Å². The molecule has 0 radical (unpaired) electrons. The van der Waals surface area contributed by atoms with Crippen LogP contribution in [0.15, 0.2) is 78.4 Å². The number of aliphatic hydroxyl groups excluding tert-OH is 1. The number of carbonyl (C=O) groups excluding carboxylic acids is 2. The van der Waals surface area contributed by atoms with Crippen molar-refractivity contribution in [1.82, 2.24) is 4.90 Å². The Hall–Kier alpha value is -4.26. The Morgan fingerprint density at radius 1 is 0.914 bits per heavy atom. The summed E-state index contributed by atoms with van der Waals surface area (Å²) in [4.78, 5) is 28.0. The molecule has 0 aromatic heterocycles. The van der Waals surface area contributed by atoms with Crippen LogP contribution in [-0.2, 0) is 16.1 Å². The van der Waals surface area contributed by atoms with E-state index in [0.717, 1.165) is 5.56 Å². The number of hydrogen-bond donors (Lipinski definition) is 1. The van der Waals surface area contributed by atoms with Crippen LogP contribution < -0.4 is 14.2 Å². The number of hydrogen-bond acceptors (Lipinski definition) is 6. The fourth-order valence-corrected chi connectivity index (χ4v) is 4.25. The first-order chi connectivity index (χ1) is 17.0. The van der Waals surface area contributed by atoms with Gasteiger partial charge < -0.3 is 24.2 Å². The van der Waals surface area contributed by atoms with Crippen LogP contribution in [0, 0.1) is 0 Å². The van der Waals surface area contributed by atoms with Gasteiger partial charge in [-0.1, -0.05) is 48.5 Å². The Bertz CT molecular complexity index is 1270. The van der Waals surface area contributed by atoms with Crippen molar-refractivity contribution < 1.29 is 28.9 Å². The Morgan fingerprint density at radius 2 is 1.66 bits per heavy atom. The summed E-state index contributed by atoms with van der Waals surface area (Å²) >= 11 is 0. The highest BCUT2D eigenvalue weighted by molar-refractivity contribution is 6.46. The number of rotatable bonds is 8. The first kappa shape index (κ1) is 23.9. The van der Waals surface area contributed by atoms with E-state index in [0.29, 0.717) is 35.0 Å². The molecule has 180 valence electrons. The highest BCUT2D eigenvalue weighted by Crippen LogP contribution is 2.42. The van der Waals surface area contributed by atoms with Crippen LogP contribution in [-0.4, -0.2) is 42.5 Å². The lowest BCUT2D eigenvalue weighted by atomic mass is 9.94. The van der Waals surface area contributed by atoms with Crippen LogP contribution in [0.2, 0.25) is 0 Å². The van der Waals surface area contributed by atoms with Gasteiger partial charge in [0.1, 0.15) is 11.5 Å². The molecular weight excluding hydrogens is 446 g/mol. The Balaban J connectivity index is 1.88. The van der Waals surface area contributed by atoms with Gasteiger partial charge in [-0.2, -0.15) is 0 Å². The molecule has 1 aliphatic heterocycles. The molecule has 7 nitrogen and oxygen atoms in total. The Morgan fingerprint density at radius 3 is 2.34 bits per heavy atom. The minimum Gasteiger partial charge on any atom is -0.507 e. The summed E-state index contributed by atoms with van der Waals surface area (Å²) in [5.74, 6) is -0.177. The lowest BCUT2D eigenvalue weighted by molar-refractivity contribution is -0.140. The zero-order valence-electron chi connectivity index (χ0n) is 19.9. The predicted octanol–water partition coefficient (Wildman–Crippen LogP) is 4.72. The summed E-state index contributed by atoms with van der Waals surface area (Å²) in [5.41, 5.74) is 1.87. The standard InChI is InChI=1S/C28H27NO6/c1-4-35-21-12-8-11-20(15-21)26(30)24-25(19-13-14-22(33-2)23(16-19)34-3)29(28(32)27(24)31)17-18-9-6-5-7-10-18/h5-16,25,30H,4,17H2,1-3H3. The number of amides is 1. The SMILES string of the molecule is CCOc1cccc(C(O)=C2C(=O)C(=O)N(Cc3ccccc3)C2c2ccc(OC)c(OC)c2)c1. The molecule has 1 fully saturated rings. The fraction of sp³-hybridized carbons (Fsp3) is 0.214. The minimum atomic E-state index is -0.828. The third kappa shape index (κ3) is 4.71. The topological polar surface area (TPSA) is 85.3 Å². The number of likely N-dealkylation sites (tertiary alicyclic amines) is 1. The van der Waals surface area contributed by atoms with E-state index in [-0.39, 0.29) is 17.9 Å². The smallest absolute Gasteiger partial charge is 0.295 e. The van der Waals surface area contributed by atoms with Gasteiger partial charge in [-0.15, -0.1) is 0 Å². The number of Topliss-reactive ketones (excluding diaryl/α,β-unsaturated/α-hetero) is 1. The number of benzene rings is 3. The lowest BCUT2D eigenvalue weighted by Gasteiger charge is -2.26. The molecule has 3 aromatic rings. The molecule has 7 heteroatoms. The Kier molecular flexibility index (Phi) is 7.06. The average Bonchev–Trinajstić information content (AvgIpc) is 3.13. The molecule has 1 aliphatic rings. The average molecular weight is 474 g/mol. The molecule has 1 unspecified atom stereocenters.